The second-order valence-electron chi connectivity index (χ2n) is 7.37. The Morgan fingerprint density at radius 3 is 2.50 bits per heavy atom. The number of hydrogen-bond donors (Lipinski definition) is 1. The van der Waals surface area contributed by atoms with Gasteiger partial charge in [0, 0.05) is 24.7 Å². The molecular weight excluding hydrogens is 425 g/mol. The highest BCUT2D eigenvalue weighted by Crippen LogP contribution is 2.30. The fourth-order valence-corrected chi connectivity index (χ4v) is 3.43. The van der Waals surface area contributed by atoms with Crippen LogP contribution in [0.4, 0.5) is 13.2 Å². The molecule has 1 N–H and O–H groups in total. The van der Waals surface area contributed by atoms with Crippen LogP contribution >= 0.6 is 0 Å². The molecule has 0 aliphatic carbocycles. The van der Waals surface area contributed by atoms with Crippen molar-refractivity contribution in [2.45, 2.75) is 26.1 Å². The third-order valence-corrected chi connectivity index (χ3v) is 5.07. The van der Waals surface area contributed by atoms with Gasteiger partial charge in [-0.15, -0.1) is 5.10 Å². The highest BCUT2D eigenvalue weighted by Gasteiger charge is 2.30. The number of aliphatic carboxylic acids is 1. The van der Waals surface area contributed by atoms with Crippen LogP contribution in [-0.2, 0) is 31.0 Å². The lowest BCUT2D eigenvalue weighted by atomic mass is 10.1. The summed E-state index contributed by atoms with van der Waals surface area (Å²) in [5.41, 5.74) is 2.36. The summed E-state index contributed by atoms with van der Waals surface area (Å²) in [6, 6.07) is 9.97. The quantitative estimate of drug-likeness (QED) is 0.480. The zero-order chi connectivity index (χ0) is 23.0. The van der Waals surface area contributed by atoms with Crippen molar-refractivity contribution in [1.29, 1.82) is 0 Å². The Labute approximate surface area is 180 Å². The average Bonchev–Trinajstić information content (AvgIpc) is 3.25. The predicted molar refractivity (Wildman–Crippen MR) is 110 cm³/mol. The van der Waals surface area contributed by atoms with Crippen LogP contribution in [-0.4, -0.2) is 30.6 Å². The van der Waals surface area contributed by atoms with Crippen molar-refractivity contribution < 1.29 is 27.8 Å². The summed E-state index contributed by atoms with van der Waals surface area (Å²) in [5, 5.41) is 18.5. The van der Waals surface area contributed by atoms with E-state index in [1.807, 2.05) is 23.7 Å². The maximum absolute atomic E-state index is 12.7. The van der Waals surface area contributed by atoms with Crippen LogP contribution in [0.25, 0.3) is 16.6 Å². The van der Waals surface area contributed by atoms with E-state index in [1.165, 1.54) is 16.9 Å². The maximum atomic E-state index is 12.7. The number of carbonyl (C=O) groups is 1. The second-order valence-corrected chi connectivity index (χ2v) is 7.37. The molecule has 0 fully saturated rings. The van der Waals surface area contributed by atoms with E-state index in [2.05, 4.69) is 10.2 Å². The first-order valence-corrected chi connectivity index (χ1v) is 9.65. The molecular formula is C22H19F3N4O3. The fraction of sp³-hybridized carbons (Fsp3) is 0.227. The number of aromatic nitrogens is 4. The van der Waals surface area contributed by atoms with Crippen LogP contribution in [0, 0.1) is 6.92 Å². The normalized spacial score (nSPS) is 11.8. The first-order valence-electron chi connectivity index (χ1n) is 9.65. The minimum atomic E-state index is -4.40. The van der Waals surface area contributed by atoms with Gasteiger partial charge < -0.3 is 14.4 Å². The summed E-state index contributed by atoms with van der Waals surface area (Å²) in [5.74, 6) is -0.325. The molecule has 10 heteroatoms. The van der Waals surface area contributed by atoms with Gasteiger partial charge in [0.2, 0.25) is 0 Å². The molecule has 0 saturated heterocycles. The molecule has 0 bridgehead atoms. The number of nitrogens with zero attached hydrogens (tertiary/aromatic N) is 4. The van der Waals surface area contributed by atoms with E-state index in [0.29, 0.717) is 22.8 Å². The van der Waals surface area contributed by atoms with Crippen LogP contribution in [0.2, 0.25) is 0 Å². The van der Waals surface area contributed by atoms with Crippen LogP contribution in [0.15, 0.2) is 48.7 Å². The predicted octanol–water partition coefficient (Wildman–Crippen LogP) is 4.29. The van der Waals surface area contributed by atoms with Gasteiger partial charge in [0.05, 0.1) is 28.9 Å². The van der Waals surface area contributed by atoms with E-state index in [0.717, 1.165) is 28.6 Å². The molecule has 2 aromatic heterocycles. The Morgan fingerprint density at radius 1 is 1.12 bits per heavy atom. The highest BCUT2D eigenvalue weighted by atomic mass is 19.4. The standard InChI is InChI=1S/C22H19F3N4O3/c1-13-19(27-29(26-13)16-5-3-15(4-6-16)22(23,24)25)12-32-17-7-8-18-14(9-21(30)31)11-28(2)20(18)10-17/h3-8,10-11H,9,12H2,1-2H3,(H,30,31). The summed E-state index contributed by atoms with van der Waals surface area (Å²) < 4.78 is 45.9. The van der Waals surface area contributed by atoms with Crippen molar-refractivity contribution >= 4 is 16.9 Å². The number of fused-ring (bicyclic) bond motifs is 1. The van der Waals surface area contributed by atoms with Gasteiger partial charge in [-0.25, -0.2) is 0 Å². The number of aryl methyl sites for hydroxylation is 2. The number of carboxylic acid groups (broad SMARTS) is 1. The first kappa shape index (κ1) is 21.4. The van der Waals surface area contributed by atoms with Crippen LogP contribution < -0.4 is 4.74 Å². The van der Waals surface area contributed by atoms with Crippen LogP contribution in [0.3, 0.4) is 0 Å². The Hall–Kier alpha value is -3.82. The van der Waals surface area contributed by atoms with E-state index in [4.69, 9.17) is 9.84 Å². The van der Waals surface area contributed by atoms with Crippen molar-refractivity contribution in [1.82, 2.24) is 19.6 Å². The van der Waals surface area contributed by atoms with Gasteiger partial charge in [-0.2, -0.15) is 23.1 Å². The largest absolute Gasteiger partial charge is 0.487 e. The van der Waals surface area contributed by atoms with Gasteiger partial charge in [0.15, 0.2) is 0 Å². The Kier molecular flexibility index (Phi) is 5.37. The summed E-state index contributed by atoms with van der Waals surface area (Å²) in [4.78, 5) is 12.3. The van der Waals surface area contributed by atoms with Crippen LogP contribution in [0.5, 0.6) is 5.75 Å². The molecule has 4 aromatic rings. The minimum absolute atomic E-state index is 0.0657. The number of alkyl halides is 3. The lowest BCUT2D eigenvalue weighted by molar-refractivity contribution is -0.138. The van der Waals surface area contributed by atoms with Gasteiger partial charge in [0.1, 0.15) is 18.1 Å². The zero-order valence-corrected chi connectivity index (χ0v) is 17.2. The summed E-state index contributed by atoms with van der Waals surface area (Å²) in [7, 11) is 1.83. The number of carboxylic acids is 1. The number of rotatable bonds is 6. The van der Waals surface area contributed by atoms with E-state index >= 15 is 0 Å². The van der Waals surface area contributed by atoms with Gasteiger partial charge >= 0.3 is 12.1 Å². The van der Waals surface area contributed by atoms with Crippen molar-refractivity contribution in [3.05, 3.63) is 71.2 Å². The molecule has 0 saturated carbocycles. The maximum Gasteiger partial charge on any atom is 0.416 e. The Morgan fingerprint density at radius 2 is 1.84 bits per heavy atom. The van der Waals surface area contributed by atoms with Gasteiger partial charge in [-0.3, -0.25) is 4.79 Å². The number of hydrogen-bond acceptors (Lipinski definition) is 4. The summed E-state index contributed by atoms with van der Waals surface area (Å²) in [6.07, 6.45) is -2.69. The smallest absolute Gasteiger partial charge is 0.416 e. The zero-order valence-electron chi connectivity index (χ0n) is 17.2. The van der Waals surface area contributed by atoms with Gasteiger partial charge in [-0.1, -0.05) is 0 Å². The molecule has 2 aromatic carbocycles. The van der Waals surface area contributed by atoms with E-state index in [1.54, 1.807) is 19.2 Å². The van der Waals surface area contributed by atoms with Crippen molar-refractivity contribution in [2.24, 2.45) is 7.05 Å². The number of ether oxygens (including phenoxy) is 1. The van der Waals surface area contributed by atoms with Crippen molar-refractivity contribution in [2.75, 3.05) is 0 Å². The first-order chi connectivity index (χ1) is 15.1. The van der Waals surface area contributed by atoms with Crippen molar-refractivity contribution in [3.8, 4) is 11.4 Å². The van der Waals surface area contributed by atoms with E-state index in [-0.39, 0.29) is 13.0 Å². The monoisotopic (exact) mass is 444 g/mol. The van der Waals surface area contributed by atoms with Gasteiger partial charge in [-0.05, 0) is 48.9 Å². The molecule has 0 radical (unpaired) electrons. The molecule has 0 spiro atoms. The molecule has 166 valence electrons. The second kappa shape index (κ2) is 8.03. The topological polar surface area (TPSA) is 82.2 Å². The summed E-state index contributed by atoms with van der Waals surface area (Å²) >= 11 is 0. The molecule has 0 amide bonds. The third-order valence-electron chi connectivity index (χ3n) is 5.07. The highest BCUT2D eigenvalue weighted by molar-refractivity contribution is 5.88. The van der Waals surface area contributed by atoms with Crippen molar-refractivity contribution in [3.63, 3.8) is 0 Å². The fourth-order valence-electron chi connectivity index (χ4n) is 3.43. The molecule has 0 aliphatic heterocycles. The third kappa shape index (κ3) is 4.29. The number of benzene rings is 2. The Balaban J connectivity index is 1.51. The molecule has 4 rings (SSSR count). The van der Waals surface area contributed by atoms with Gasteiger partial charge in [0.25, 0.3) is 0 Å². The minimum Gasteiger partial charge on any atom is -0.487 e. The molecule has 0 aliphatic rings. The molecule has 2 heterocycles. The van der Waals surface area contributed by atoms with Crippen LogP contribution in [0.1, 0.15) is 22.5 Å². The molecule has 7 nitrogen and oxygen atoms in total. The molecule has 0 unspecified atom stereocenters. The van der Waals surface area contributed by atoms with E-state index < -0.39 is 17.7 Å². The Bertz CT molecular complexity index is 1290. The lowest BCUT2D eigenvalue weighted by Gasteiger charge is -2.07. The summed E-state index contributed by atoms with van der Waals surface area (Å²) in [6.45, 7) is 1.86. The van der Waals surface area contributed by atoms with E-state index in [9.17, 15) is 18.0 Å². The average molecular weight is 444 g/mol. The molecule has 0 atom stereocenters. The SMILES string of the molecule is Cc1nn(-c2ccc(C(F)(F)F)cc2)nc1COc1ccc2c(CC(=O)O)cn(C)c2c1. The molecule has 32 heavy (non-hydrogen) atoms. The lowest BCUT2D eigenvalue weighted by Crippen LogP contribution is -2.06. The number of halogens is 3.